The number of halogens is 1. The van der Waals surface area contributed by atoms with E-state index in [1.54, 1.807) is 6.07 Å². The van der Waals surface area contributed by atoms with Crippen LogP contribution in [0.5, 0.6) is 5.75 Å². The molecular weight excluding hydrogens is 200 g/mol. The predicted molar refractivity (Wildman–Crippen MR) is 59.9 cm³/mol. The van der Waals surface area contributed by atoms with Crippen LogP contribution in [-0.2, 0) is 0 Å². The Morgan fingerprint density at radius 1 is 1.43 bits per heavy atom. The van der Waals surface area contributed by atoms with Crippen LogP contribution in [0.4, 0.5) is 5.69 Å². The van der Waals surface area contributed by atoms with Gasteiger partial charge in [-0.1, -0.05) is 17.7 Å². The van der Waals surface area contributed by atoms with E-state index < -0.39 is 0 Å². The standard InChI is InChI=1S/C10H15ClN2O/c1-13(2)6-7-14-9-5-3-4-8(11)10(9)12/h3-5H,6-7,12H2,1-2H3. The van der Waals surface area contributed by atoms with Crippen molar-refractivity contribution in [3.8, 4) is 5.75 Å². The van der Waals surface area contributed by atoms with Gasteiger partial charge in [-0.05, 0) is 26.2 Å². The van der Waals surface area contributed by atoms with E-state index in [0.29, 0.717) is 23.1 Å². The molecule has 78 valence electrons. The van der Waals surface area contributed by atoms with Crippen molar-refractivity contribution in [3.05, 3.63) is 23.2 Å². The van der Waals surface area contributed by atoms with Gasteiger partial charge in [0.25, 0.3) is 0 Å². The van der Waals surface area contributed by atoms with Gasteiger partial charge in [-0.25, -0.2) is 0 Å². The minimum atomic E-state index is 0.507. The Kier molecular flexibility index (Phi) is 4.04. The summed E-state index contributed by atoms with van der Waals surface area (Å²) in [6.45, 7) is 1.46. The van der Waals surface area contributed by atoms with E-state index in [-0.39, 0.29) is 0 Å². The van der Waals surface area contributed by atoms with Gasteiger partial charge in [0.2, 0.25) is 0 Å². The van der Waals surface area contributed by atoms with Gasteiger partial charge in [-0.3, -0.25) is 0 Å². The highest BCUT2D eigenvalue weighted by Crippen LogP contribution is 2.28. The molecule has 14 heavy (non-hydrogen) atoms. The number of nitrogens with zero attached hydrogens (tertiary/aromatic N) is 1. The number of anilines is 1. The van der Waals surface area contributed by atoms with E-state index in [2.05, 4.69) is 0 Å². The zero-order valence-electron chi connectivity index (χ0n) is 8.46. The van der Waals surface area contributed by atoms with Crippen molar-refractivity contribution in [2.24, 2.45) is 0 Å². The van der Waals surface area contributed by atoms with Crippen molar-refractivity contribution in [3.63, 3.8) is 0 Å². The van der Waals surface area contributed by atoms with Crippen LogP contribution in [0.1, 0.15) is 0 Å². The molecule has 0 aliphatic rings. The summed E-state index contributed by atoms with van der Waals surface area (Å²) >= 11 is 5.84. The van der Waals surface area contributed by atoms with Crippen molar-refractivity contribution >= 4 is 17.3 Å². The topological polar surface area (TPSA) is 38.5 Å². The van der Waals surface area contributed by atoms with E-state index in [1.807, 2.05) is 31.1 Å². The fourth-order valence-corrected chi connectivity index (χ4v) is 1.15. The highest BCUT2D eigenvalue weighted by molar-refractivity contribution is 6.33. The Balaban J connectivity index is 2.54. The van der Waals surface area contributed by atoms with Gasteiger partial charge < -0.3 is 15.4 Å². The number of nitrogen functional groups attached to an aromatic ring is 1. The lowest BCUT2D eigenvalue weighted by atomic mass is 10.3. The maximum absolute atomic E-state index is 5.84. The quantitative estimate of drug-likeness (QED) is 0.778. The van der Waals surface area contributed by atoms with Gasteiger partial charge in [0.1, 0.15) is 12.4 Å². The van der Waals surface area contributed by atoms with Crippen LogP contribution in [0.25, 0.3) is 0 Å². The van der Waals surface area contributed by atoms with Gasteiger partial charge in [0, 0.05) is 6.54 Å². The number of hydrogen-bond acceptors (Lipinski definition) is 3. The van der Waals surface area contributed by atoms with Crippen LogP contribution in [0.3, 0.4) is 0 Å². The molecule has 3 nitrogen and oxygen atoms in total. The van der Waals surface area contributed by atoms with Crippen LogP contribution in [0.2, 0.25) is 5.02 Å². The number of rotatable bonds is 4. The summed E-state index contributed by atoms with van der Waals surface area (Å²) in [5.41, 5.74) is 6.24. The Labute approximate surface area is 89.4 Å². The first kappa shape index (κ1) is 11.1. The summed E-state index contributed by atoms with van der Waals surface area (Å²) in [6.07, 6.45) is 0. The Morgan fingerprint density at radius 2 is 2.14 bits per heavy atom. The summed E-state index contributed by atoms with van der Waals surface area (Å²) in [6, 6.07) is 5.39. The van der Waals surface area contributed by atoms with Gasteiger partial charge in [-0.15, -0.1) is 0 Å². The largest absolute Gasteiger partial charge is 0.490 e. The number of ether oxygens (including phenoxy) is 1. The normalized spacial score (nSPS) is 10.6. The first-order valence-electron chi connectivity index (χ1n) is 4.43. The SMILES string of the molecule is CN(C)CCOc1cccc(Cl)c1N. The van der Waals surface area contributed by atoms with Crippen molar-refractivity contribution in [2.45, 2.75) is 0 Å². The molecule has 1 aromatic rings. The third-order valence-corrected chi connectivity index (χ3v) is 2.14. The second kappa shape index (κ2) is 5.08. The van der Waals surface area contributed by atoms with Gasteiger partial charge >= 0.3 is 0 Å². The molecule has 0 aliphatic carbocycles. The second-order valence-corrected chi connectivity index (χ2v) is 3.71. The lowest BCUT2D eigenvalue weighted by Crippen LogP contribution is -2.19. The summed E-state index contributed by atoms with van der Waals surface area (Å²) in [7, 11) is 3.98. The minimum Gasteiger partial charge on any atom is -0.490 e. The lowest BCUT2D eigenvalue weighted by Gasteiger charge is -2.12. The fraction of sp³-hybridized carbons (Fsp3) is 0.400. The van der Waals surface area contributed by atoms with Gasteiger partial charge in [0.05, 0.1) is 10.7 Å². The van der Waals surface area contributed by atoms with Crippen LogP contribution in [0.15, 0.2) is 18.2 Å². The average Bonchev–Trinajstić information content (AvgIpc) is 2.12. The number of benzene rings is 1. The molecule has 0 aliphatic heterocycles. The molecule has 0 atom stereocenters. The van der Waals surface area contributed by atoms with Gasteiger partial charge in [-0.2, -0.15) is 0 Å². The highest BCUT2D eigenvalue weighted by Gasteiger charge is 2.03. The Morgan fingerprint density at radius 3 is 2.79 bits per heavy atom. The van der Waals surface area contributed by atoms with E-state index in [0.717, 1.165) is 6.54 Å². The number of nitrogens with two attached hydrogens (primary N) is 1. The number of hydrogen-bond donors (Lipinski definition) is 1. The molecule has 1 rings (SSSR count). The van der Waals surface area contributed by atoms with E-state index in [4.69, 9.17) is 22.1 Å². The first-order chi connectivity index (χ1) is 6.61. The molecule has 2 N–H and O–H groups in total. The Bertz CT molecular complexity index is 302. The summed E-state index contributed by atoms with van der Waals surface area (Å²) < 4.78 is 5.48. The second-order valence-electron chi connectivity index (χ2n) is 3.30. The number of para-hydroxylation sites is 1. The molecule has 0 saturated heterocycles. The smallest absolute Gasteiger partial charge is 0.143 e. The first-order valence-corrected chi connectivity index (χ1v) is 4.80. The molecular formula is C10H15ClN2O. The van der Waals surface area contributed by atoms with Crippen LogP contribution >= 0.6 is 11.6 Å². The number of likely N-dealkylation sites (N-methyl/N-ethyl adjacent to an activating group) is 1. The third kappa shape index (κ3) is 3.09. The van der Waals surface area contributed by atoms with Crippen LogP contribution in [0, 0.1) is 0 Å². The lowest BCUT2D eigenvalue weighted by molar-refractivity contribution is 0.262. The molecule has 0 amide bonds. The minimum absolute atomic E-state index is 0.507. The molecule has 0 radical (unpaired) electrons. The molecule has 0 heterocycles. The molecule has 1 aromatic carbocycles. The monoisotopic (exact) mass is 214 g/mol. The molecule has 0 spiro atoms. The van der Waals surface area contributed by atoms with Crippen molar-refractivity contribution in [2.75, 3.05) is 33.0 Å². The van der Waals surface area contributed by atoms with Crippen molar-refractivity contribution in [1.82, 2.24) is 4.90 Å². The molecule has 0 bridgehead atoms. The van der Waals surface area contributed by atoms with Crippen molar-refractivity contribution in [1.29, 1.82) is 0 Å². The van der Waals surface area contributed by atoms with Crippen LogP contribution in [-0.4, -0.2) is 32.1 Å². The van der Waals surface area contributed by atoms with E-state index in [1.165, 1.54) is 0 Å². The van der Waals surface area contributed by atoms with Crippen LogP contribution < -0.4 is 10.5 Å². The molecule has 0 fully saturated rings. The molecule has 4 heteroatoms. The summed E-state index contributed by atoms with van der Waals surface area (Å²) in [5, 5.41) is 0.535. The van der Waals surface area contributed by atoms with E-state index in [9.17, 15) is 0 Å². The van der Waals surface area contributed by atoms with E-state index >= 15 is 0 Å². The maximum atomic E-state index is 5.84. The third-order valence-electron chi connectivity index (χ3n) is 1.81. The summed E-state index contributed by atoms with van der Waals surface area (Å²) in [5.74, 6) is 0.652. The zero-order valence-corrected chi connectivity index (χ0v) is 9.21. The Hall–Kier alpha value is -0.930. The maximum Gasteiger partial charge on any atom is 0.143 e. The molecule has 0 aromatic heterocycles. The van der Waals surface area contributed by atoms with Gasteiger partial charge in [0.15, 0.2) is 0 Å². The zero-order chi connectivity index (χ0) is 10.6. The predicted octanol–water partition coefficient (Wildman–Crippen LogP) is 1.86. The molecule has 0 saturated carbocycles. The highest BCUT2D eigenvalue weighted by atomic mass is 35.5. The summed E-state index contributed by atoms with van der Waals surface area (Å²) in [4.78, 5) is 2.04. The molecule has 0 unspecified atom stereocenters. The fourth-order valence-electron chi connectivity index (χ4n) is 0.981. The average molecular weight is 215 g/mol. The van der Waals surface area contributed by atoms with Crippen molar-refractivity contribution < 1.29 is 4.74 Å².